The molecule has 0 aliphatic rings. The summed E-state index contributed by atoms with van der Waals surface area (Å²) >= 11 is 0. The van der Waals surface area contributed by atoms with E-state index in [1.807, 2.05) is 0 Å². The third-order valence-electron chi connectivity index (χ3n) is 4.75. The quantitative estimate of drug-likeness (QED) is 0.559. The van der Waals surface area contributed by atoms with E-state index in [1.54, 1.807) is 0 Å². The average molecular weight is 373 g/mol. The van der Waals surface area contributed by atoms with Crippen LogP contribution in [0.4, 0.5) is 0 Å². The van der Waals surface area contributed by atoms with Crippen LogP contribution in [-0.2, 0) is 4.52 Å². The van der Waals surface area contributed by atoms with Gasteiger partial charge in [0, 0.05) is 0 Å². The Morgan fingerprint density at radius 3 is 1.24 bits per heavy atom. The second-order valence-electron chi connectivity index (χ2n) is 6.30. The zero-order valence-corrected chi connectivity index (χ0v) is 16.5. The van der Waals surface area contributed by atoms with Crippen molar-refractivity contribution in [2.24, 2.45) is 0 Å². The number of rotatable bonds is 6. The van der Waals surface area contributed by atoms with Crippen molar-refractivity contribution in [1.82, 2.24) is 0 Å². The van der Waals surface area contributed by atoms with Gasteiger partial charge in [-0.25, -0.2) is 0 Å². The summed E-state index contributed by atoms with van der Waals surface area (Å²) in [5, 5.41) is 3.82. The first-order valence-electron chi connectivity index (χ1n) is 8.53. The summed E-state index contributed by atoms with van der Waals surface area (Å²) in [5.41, 5.74) is 0. The zero-order valence-electron chi connectivity index (χ0n) is 14.8. The molecule has 0 saturated carbocycles. The molecule has 3 rings (SSSR count). The van der Waals surface area contributed by atoms with E-state index in [-0.39, 0.29) is 12.4 Å². The fraction of sp³-hybridized carbons (Fsp3) is 0.182. The van der Waals surface area contributed by atoms with Crippen molar-refractivity contribution in [3.8, 4) is 0 Å². The maximum atomic E-state index is 6.86. The summed E-state index contributed by atoms with van der Waals surface area (Å²) in [7, 11) is 0. The van der Waals surface area contributed by atoms with E-state index in [9.17, 15) is 0 Å². The van der Waals surface area contributed by atoms with Crippen LogP contribution in [0.25, 0.3) is 0 Å². The van der Waals surface area contributed by atoms with Gasteiger partial charge in [-0.1, -0.05) is 0 Å². The standard InChI is InChI=1S/C22H25OP.ClH/c1-3-19-23-24(2,20-13-7-4-8-14-20,21-15-9-5-10-16-21)22-17-11-6-12-18-22;/h4-18H,3,19H2,1-2H3;1H. The van der Waals surface area contributed by atoms with E-state index in [4.69, 9.17) is 4.52 Å². The Morgan fingerprint density at radius 2 is 0.960 bits per heavy atom. The van der Waals surface area contributed by atoms with Gasteiger partial charge in [-0.3, -0.25) is 0 Å². The fourth-order valence-electron chi connectivity index (χ4n) is 3.35. The molecule has 0 saturated heterocycles. The van der Waals surface area contributed by atoms with Crippen molar-refractivity contribution in [3.05, 3.63) is 91.0 Å². The molecule has 1 nitrogen and oxygen atoms in total. The number of benzene rings is 3. The van der Waals surface area contributed by atoms with E-state index in [2.05, 4.69) is 105 Å². The van der Waals surface area contributed by atoms with Crippen LogP contribution in [0.2, 0.25) is 0 Å². The Labute approximate surface area is 157 Å². The molecule has 0 bridgehead atoms. The maximum absolute atomic E-state index is 6.86. The van der Waals surface area contributed by atoms with Crippen LogP contribution in [0.15, 0.2) is 91.0 Å². The normalized spacial score (nSPS) is 12.6. The van der Waals surface area contributed by atoms with Crippen LogP contribution >= 0.6 is 19.2 Å². The first kappa shape index (κ1) is 19.7. The van der Waals surface area contributed by atoms with Crippen LogP contribution in [-0.4, -0.2) is 13.3 Å². The minimum Gasteiger partial charge on any atom is -0.147 e. The van der Waals surface area contributed by atoms with Crippen molar-refractivity contribution < 1.29 is 4.52 Å². The van der Waals surface area contributed by atoms with Gasteiger partial charge in [-0.05, 0) is 0 Å². The van der Waals surface area contributed by atoms with Crippen LogP contribution < -0.4 is 15.9 Å². The Morgan fingerprint density at radius 1 is 0.640 bits per heavy atom. The van der Waals surface area contributed by atoms with Gasteiger partial charge in [0.25, 0.3) is 0 Å². The van der Waals surface area contributed by atoms with Gasteiger partial charge in [0.15, 0.2) is 0 Å². The van der Waals surface area contributed by atoms with Gasteiger partial charge in [-0.2, -0.15) is 0 Å². The molecule has 0 aliphatic carbocycles. The molecule has 25 heavy (non-hydrogen) atoms. The van der Waals surface area contributed by atoms with Crippen molar-refractivity contribution in [1.29, 1.82) is 0 Å². The largest absolute Gasteiger partial charge is 0.147 e. The van der Waals surface area contributed by atoms with Crippen LogP contribution in [0.1, 0.15) is 13.3 Å². The molecular formula is C22H26ClOP. The van der Waals surface area contributed by atoms with E-state index < -0.39 is 6.83 Å². The monoisotopic (exact) mass is 372 g/mol. The third kappa shape index (κ3) is 3.37. The maximum Gasteiger partial charge on any atom is -0.147 e. The van der Waals surface area contributed by atoms with Crippen LogP contribution in [0.5, 0.6) is 0 Å². The summed E-state index contributed by atoms with van der Waals surface area (Å²) in [6.45, 7) is 2.29. The Kier molecular flexibility index (Phi) is 6.41. The van der Waals surface area contributed by atoms with Crippen LogP contribution in [0, 0.1) is 0 Å². The van der Waals surface area contributed by atoms with E-state index in [0.29, 0.717) is 0 Å². The zero-order chi connectivity index (χ0) is 16.9. The molecule has 0 spiro atoms. The Bertz CT molecular complexity index is 675. The number of hydrogen-bond donors (Lipinski definition) is 0. The molecule has 0 heterocycles. The van der Waals surface area contributed by atoms with E-state index >= 15 is 0 Å². The SMILES string of the molecule is CCCOP(C)(c1ccccc1)(c1ccccc1)c1ccccc1.Cl. The summed E-state index contributed by atoms with van der Waals surface area (Å²) in [4.78, 5) is 0. The molecule has 0 atom stereocenters. The molecule has 3 heteroatoms. The molecule has 0 aliphatic heterocycles. The Hall–Kier alpha value is -1.66. The summed E-state index contributed by atoms with van der Waals surface area (Å²) < 4.78 is 6.86. The van der Waals surface area contributed by atoms with E-state index in [0.717, 1.165) is 13.0 Å². The molecule has 0 radical (unpaired) electrons. The molecule has 0 aromatic heterocycles. The predicted molar refractivity (Wildman–Crippen MR) is 115 cm³/mol. The fourth-order valence-corrected chi connectivity index (χ4v) is 8.00. The summed E-state index contributed by atoms with van der Waals surface area (Å²) in [6, 6.07) is 32.2. The number of hydrogen-bond acceptors (Lipinski definition) is 1. The topological polar surface area (TPSA) is 9.23 Å². The van der Waals surface area contributed by atoms with Crippen molar-refractivity contribution in [3.63, 3.8) is 0 Å². The van der Waals surface area contributed by atoms with E-state index in [1.165, 1.54) is 15.9 Å². The molecule has 3 aromatic rings. The minimum atomic E-state index is -2.95. The smallest absolute Gasteiger partial charge is 0.147 e. The Balaban J connectivity index is 0.00000225. The average Bonchev–Trinajstić information content (AvgIpc) is 2.68. The molecule has 3 aromatic carbocycles. The molecule has 0 amide bonds. The predicted octanol–water partition coefficient (Wildman–Crippen LogP) is 4.91. The van der Waals surface area contributed by atoms with Gasteiger partial charge in [-0.15, -0.1) is 12.4 Å². The molecule has 132 valence electrons. The molecule has 0 unspecified atom stereocenters. The summed E-state index contributed by atoms with van der Waals surface area (Å²) in [6.07, 6.45) is 0.998. The van der Waals surface area contributed by atoms with Gasteiger partial charge >= 0.3 is 145 Å². The van der Waals surface area contributed by atoms with Crippen molar-refractivity contribution >= 4 is 35.2 Å². The van der Waals surface area contributed by atoms with Gasteiger partial charge in [0.2, 0.25) is 0 Å². The van der Waals surface area contributed by atoms with Gasteiger partial charge < -0.3 is 0 Å². The van der Waals surface area contributed by atoms with Gasteiger partial charge in [0.05, 0.1) is 0 Å². The molecular weight excluding hydrogens is 347 g/mol. The molecule has 0 fully saturated rings. The second-order valence-corrected chi connectivity index (χ2v) is 11.0. The van der Waals surface area contributed by atoms with Crippen molar-refractivity contribution in [2.75, 3.05) is 13.3 Å². The number of halogens is 1. The third-order valence-corrected chi connectivity index (χ3v) is 10.2. The summed E-state index contributed by atoms with van der Waals surface area (Å²) in [5.74, 6) is 0. The minimum absolute atomic E-state index is 0. The first-order chi connectivity index (χ1) is 11.7. The first-order valence-corrected chi connectivity index (χ1v) is 11.1. The second kappa shape index (κ2) is 8.15. The van der Waals surface area contributed by atoms with Gasteiger partial charge in [0.1, 0.15) is 0 Å². The van der Waals surface area contributed by atoms with Crippen molar-refractivity contribution in [2.45, 2.75) is 13.3 Å². The van der Waals surface area contributed by atoms with Crippen LogP contribution in [0.3, 0.4) is 0 Å². The molecule has 0 N–H and O–H groups in total.